The number of carbonyl (C=O) groups is 1. The summed E-state index contributed by atoms with van der Waals surface area (Å²) in [5, 5.41) is 0. The molecule has 0 bridgehead atoms. The summed E-state index contributed by atoms with van der Waals surface area (Å²) < 4.78 is 2.12. The summed E-state index contributed by atoms with van der Waals surface area (Å²) in [5.74, 6) is 0.908. The number of hydrogen-bond acceptors (Lipinski definition) is 3. The van der Waals surface area contributed by atoms with E-state index in [2.05, 4.69) is 54.1 Å². The number of hydrogen-bond donors (Lipinski definition) is 0. The zero-order chi connectivity index (χ0) is 16.0. The third-order valence-electron chi connectivity index (χ3n) is 4.42. The van der Waals surface area contributed by atoms with Crippen molar-refractivity contribution in [2.24, 2.45) is 0 Å². The predicted octanol–water partition coefficient (Wildman–Crippen LogP) is 4.06. The van der Waals surface area contributed by atoms with Crippen LogP contribution in [0.3, 0.4) is 0 Å². The third-order valence-corrected chi connectivity index (χ3v) is 6.61. The Labute approximate surface area is 141 Å². The van der Waals surface area contributed by atoms with Crippen molar-refractivity contribution in [1.82, 2.24) is 4.98 Å². The van der Waals surface area contributed by atoms with Gasteiger partial charge in [0.2, 0.25) is 0 Å². The Morgan fingerprint density at radius 2 is 1.87 bits per heavy atom. The number of pyridine rings is 1. The van der Waals surface area contributed by atoms with Gasteiger partial charge in [-0.25, -0.2) is 0 Å². The van der Waals surface area contributed by atoms with Crippen LogP contribution in [0.15, 0.2) is 54.7 Å². The first kappa shape index (κ1) is 14.4. The average Bonchev–Trinajstić information content (AvgIpc) is 3.01. The van der Waals surface area contributed by atoms with Gasteiger partial charge in [-0.1, -0.05) is 0 Å². The van der Waals surface area contributed by atoms with Gasteiger partial charge in [0.1, 0.15) is 0 Å². The molecule has 114 valence electrons. The molecule has 0 N–H and O–H groups in total. The molecule has 0 amide bonds. The summed E-state index contributed by atoms with van der Waals surface area (Å²) in [5.41, 5.74) is 3.56. The number of para-hydroxylation sites is 1. The Hall–Kier alpha value is -2.16. The second-order valence-electron chi connectivity index (χ2n) is 6.15. The van der Waals surface area contributed by atoms with Gasteiger partial charge in [0.05, 0.1) is 0 Å². The van der Waals surface area contributed by atoms with E-state index in [1.165, 1.54) is 15.7 Å². The van der Waals surface area contributed by atoms with Gasteiger partial charge in [0.15, 0.2) is 0 Å². The molecule has 0 saturated carbocycles. The van der Waals surface area contributed by atoms with Gasteiger partial charge in [-0.15, -0.1) is 0 Å². The third kappa shape index (κ3) is 2.10. The van der Waals surface area contributed by atoms with Gasteiger partial charge in [-0.05, 0) is 0 Å². The fourth-order valence-corrected chi connectivity index (χ4v) is 5.66. The molecule has 0 aliphatic carbocycles. The molecule has 1 aliphatic heterocycles. The number of aldehydes is 1. The molecule has 0 unspecified atom stereocenters. The van der Waals surface area contributed by atoms with Crippen LogP contribution in [0.25, 0.3) is 0 Å². The van der Waals surface area contributed by atoms with Crippen molar-refractivity contribution in [3.8, 4) is 0 Å². The van der Waals surface area contributed by atoms with Crippen LogP contribution in [-0.4, -0.2) is 25.8 Å². The molecule has 23 heavy (non-hydrogen) atoms. The van der Waals surface area contributed by atoms with Crippen LogP contribution in [0.5, 0.6) is 0 Å². The van der Waals surface area contributed by atoms with Gasteiger partial charge in [-0.3, -0.25) is 0 Å². The molecular formula is C19H16N2OSe. The second-order valence-corrected chi connectivity index (χ2v) is 8.38. The molecule has 3 aromatic rings. The van der Waals surface area contributed by atoms with Gasteiger partial charge in [0.25, 0.3) is 0 Å². The average molecular weight is 367 g/mol. The number of anilines is 3. The van der Waals surface area contributed by atoms with Gasteiger partial charge in [0, 0.05) is 0 Å². The van der Waals surface area contributed by atoms with E-state index in [1.807, 2.05) is 24.4 Å². The van der Waals surface area contributed by atoms with Crippen LogP contribution >= 0.6 is 0 Å². The first-order chi connectivity index (χ1) is 11.1. The van der Waals surface area contributed by atoms with Gasteiger partial charge < -0.3 is 0 Å². The first-order valence-electron chi connectivity index (χ1n) is 7.53. The maximum atomic E-state index is 11.4. The molecule has 0 atom stereocenters. The summed E-state index contributed by atoms with van der Waals surface area (Å²) >= 11 is 0.0133. The number of carbonyl (C=O) groups excluding carboxylic acids is 1. The SMILES string of the molecule is CC1(C)c2ccccc2N(c2ccccn2)c2[se]c(C=O)cc21. The van der Waals surface area contributed by atoms with Crippen molar-refractivity contribution in [1.29, 1.82) is 0 Å². The fraction of sp³-hybridized carbons (Fsp3) is 0.158. The monoisotopic (exact) mass is 368 g/mol. The quantitative estimate of drug-likeness (QED) is 0.506. The minimum atomic E-state index is -0.107. The topological polar surface area (TPSA) is 33.2 Å². The molecule has 1 aromatic carbocycles. The maximum absolute atomic E-state index is 11.4. The Kier molecular flexibility index (Phi) is 3.26. The van der Waals surface area contributed by atoms with Crippen molar-refractivity contribution in [3.05, 3.63) is 70.3 Å². The molecule has 1 aliphatic rings. The minimum absolute atomic E-state index is 0.0133. The number of benzene rings is 1. The second kappa shape index (κ2) is 5.19. The Morgan fingerprint density at radius 3 is 2.61 bits per heavy atom. The van der Waals surface area contributed by atoms with E-state index in [1.54, 1.807) is 0 Å². The molecule has 3 nitrogen and oxygen atoms in total. The Balaban J connectivity index is 2.05. The Morgan fingerprint density at radius 1 is 1.09 bits per heavy atom. The molecule has 4 rings (SSSR count). The summed E-state index contributed by atoms with van der Waals surface area (Å²) in [6.45, 7) is 4.47. The predicted molar refractivity (Wildman–Crippen MR) is 93.4 cm³/mol. The Bertz CT molecular complexity index is 883. The fourth-order valence-electron chi connectivity index (χ4n) is 3.24. The summed E-state index contributed by atoms with van der Waals surface area (Å²) in [7, 11) is 0. The van der Waals surface area contributed by atoms with E-state index >= 15 is 0 Å². The van der Waals surface area contributed by atoms with Crippen molar-refractivity contribution in [2.45, 2.75) is 19.3 Å². The summed E-state index contributed by atoms with van der Waals surface area (Å²) in [6.07, 6.45) is 2.81. The van der Waals surface area contributed by atoms with Crippen LogP contribution in [0.1, 0.15) is 34.2 Å². The molecule has 0 saturated heterocycles. The van der Waals surface area contributed by atoms with Crippen molar-refractivity contribution in [2.75, 3.05) is 4.90 Å². The number of fused-ring (bicyclic) bond motifs is 2. The standard InChI is InChI=1S/C19H16N2OSe/c1-19(2)14-7-3-4-8-16(14)21(17-9-5-6-10-20-17)18-15(19)11-13(12-22)23-18/h3-12H,1-2H3. The number of aromatic nitrogens is 1. The molecule has 3 heterocycles. The first-order valence-corrected chi connectivity index (χ1v) is 9.24. The molecule has 0 spiro atoms. The van der Waals surface area contributed by atoms with Crippen LogP contribution in [0, 0.1) is 0 Å². The van der Waals surface area contributed by atoms with E-state index in [-0.39, 0.29) is 19.9 Å². The number of rotatable bonds is 2. The van der Waals surface area contributed by atoms with Crippen LogP contribution in [0.4, 0.5) is 16.1 Å². The molecule has 0 fully saturated rings. The van der Waals surface area contributed by atoms with Crippen molar-refractivity contribution < 1.29 is 4.79 Å². The van der Waals surface area contributed by atoms with Crippen molar-refractivity contribution >= 4 is 36.9 Å². The normalized spacial score (nSPS) is 15.0. The summed E-state index contributed by atoms with van der Waals surface area (Å²) in [6, 6.07) is 16.5. The van der Waals surface area contributed by atoms with Crippen molar-refractivity contribution in [3.63, 3.8) is 0 Å². The van der Waals surface area contributed by atoms with E-state index in [4.69, 9.17) is 0 Å². The van der Waals surface area contributed by atoms with E-state index in [0.29, 0.717) is 0 Å². The number of nitrogens with zero attached hydrogens (tertiary/aromatic N) is 2. The van der Waals surface area contributed by atoms with Gasteiger partial charge >= 0.3 is 141 Å². The van der Waals surface area contributed by atoms with E-state index < -0.39 is 0 Å². The van der Waals surface area contributed by atoms with E-state index in [0.717, 1.165) is 22.2 Å². The molecular weight excluding hydrogens is 351 g/mol. The van der Waals surface area contributed by atoms with Crippen LogP contribution in [-0.2, 0) is 5.41 Å². The van der Waals surface area contributed by atoms with Crippen LogP contribution < -0.4 is 4.90 Å². The summed E-state index contributed by atoms with van der Waals surface area (Å²) in [4.78, 5) is 18.1. The van der Waals surface area contributed by atoms with Gasteiger partial charge in [-0.2, -0.15) is 0 Å². The molecule has 4 heteroatoms. The van der Waals surface area contributed by atoms with Crippen LogP contribution in [0.2, 0.25) is 0 Å². The molecule has 2 aromatic heterocycles. The van der Waals surface area contributed by atoms with E-state index in [9.17, 15) is 4.79 Å². The zero-order valence-corrected chi connectivity index (χ0v) is 14.7. The zero-order valence-electron chi connectivity index (χ0n) is 13.0. The molecule has 0 radical (unpaired) electrons.